The van der Waals surface area contributed by atoms with Crippen LogP contribution in [-0.4, -0.2) is 33.2 Å². The molecular weight excluding hydrogens is 376 g/mol. The lowest BCUT2D eigenvalue weighted by Gasteiger charge is -2.22. The van der Waals surface area contributed by atoms with Crippen LogP contribution >= 0.6 is 0 Å². The lowest BCUT2D eigenvalue weighted by Crippen LogP contribution is -2.37. The number of rotatable bonds is 8. The third-order valence-corrected chi connectivity index (χ3v) is 5.19. The third kappa shape index (κ3) is 6.27. The number of ether oxygens (including phenoxy) is 1. The first-order valence-corrected chi connectivity index (χ1v) is 11.1. The predicted molar refractivity (Wildman–Crippen MR) is 114 cm³/mol. The summed E-state index contributed by atoms with van der Waals surface area (Å²) in [6.07, 6.45) is 1.10. The number of carbonyl (C=O) groups is 1. The van der Waals surface area contributed by atoms with Gasteiger partial charge in [0.1, 0.15) is 12.3 Å². The van der Waals surface area contributed by atoms with Gasteiger partial charge in [-0.3, -0.25) is 9.10 Å². The largest absolute Gasteiger partial charge is 0.491 e. The van der Waals surface area contributed by atoms with Crippen molar-refractivity contribution in [2.24, 2.45) is 0 Å². The maximum Gasteiger partial charge on any atom is 0.245 e. The Balaban J connectivity index is 2.12. The van der Waals surface area contributed by atoms with Crippen LogP contribution in [0.25, 0.3) is 0 Å². The molecule has 0 fully saturated rings. The summed E-state index contributed by atoms with van der Waals surface area (Å²) in [4.78, 5) is 12.4. The molecule has 0 saturated carbocycles. The molecule has 2 rings (SSSR count). The molecule has 1 amide bonds. The molecule has 7 heteroatoms. The first-order chi connectivity index (χ1) is 13.1. The van der Waals surface area contributed by atoms with E-state index in [4.69, 9.17) is 4.74 Å². The van der Waals surface area contributed by atoms with Crippen LogP contribution in [0.4, 0.5) is 11.4 Å². The average molecular weight is 405 g/mol. The molecule has 0 atom stereocenters. The minimum absolute atomic E-state index is 0.0183. The van der Waals surface area contributed by atoms with E-state index in [0.717, 1.165) is 10.6 Å². The molecule has 152 valence electrons. The van der Waals surface area contributed by atoms with Crippen LogP contribution in [0, 0.1) is 0 Å². The second-order valence-electron chi connectivity index (χ2n) is 7.26. The fourth-order valence-corrected chi connectivity index (χ4v) is 3.50. The molecule has 6 nitrogen and oxygen atoms in total. The van der Waals surface area contributed by atoms with Gasteiger partial charge in [0.05, 0.1) is 18.0 Å². The molecule has 2 aromatic carbocycles. The Morgan fingerprint density at radius 2 is 1.57 bits per heavy atom. The normalized spacial score (nSPS) is 11.5. The van der Waals surface area contributed by atoms with Crippen LogP contribution in [0.3, 0.4) is 0 Å². The Hall–Kier alpha value is -2.54. The highest BCUT2D eigenvalue weighted by atomic mass is 32.2. The summed E-state index contributed by atoms with van der Waals surface area (Å²) in [5.41, 5.74) is 2.20. The second kappa shape index (κ2) is 9.10. The van der Waals surface area contributed by atoms with Crippen LogP contribution in [0.1, 0.15) is 39.2 Å². The van der Waals surface area contributed by atoms with Crippen molar-refractivity contribution in [3.05, 3.63) is 54.1 Å². The number of amides is 1. The van der Waals surface area contributed by atoms with E-state index in [2.05, 4.69) is 19.2 Å². The fraction of sp³-hybridized carbons (Fsp3) is 0.381. The summed E-state index contributed by atoms with van der Waals surface area (Å²) in [5, 5.41) is 2.75. The van der Waals surface area contributed by atoms with Gasteiger partial charge >= 0.3 is 0 Å². The van der Waals surface area contributed by atoms with Gasteiger partial charge in [-0.25, -0.2) is 8.42 Å². The standard InChI is InChI=1S/C21H28N2O4S/c1-15(2)17-6-8-18(9-7-17)22-21(24)14-23(28(5,25)26)19-10-12-20(13-11-19)27-16(3)4/h6-13,15-16H,14H2,1-5H3,(H,22,24). The van der Waals surface area contributed by atoms with Crippen LogP contribution < -0.4 is 14.4 Å². The van der Waals surface area contributed by atoms with Gasteiger partial charge in [0.2, 0.25) is 15.9 Å². The lowest BCUT2D eigenvalue weighted by atomic mass is 10.0. The first-order valence-electron chi connectivity index (χ1n) is 9.20. The summed E-state index contributed by atoms with van der Waals surface area (Å²) in [6, 6.07) is 14.2. The number of anilines is 2. The van der Waals surface area contributed by atoms with Crippen LogP contribution in [0.15, 0.2) is 48.5 Å². The van der Waals surface area contributed by atoms with E-state index in [-0.39, 0.29) is 12.6 Å². The molecule has 0 heterocycles. The van der Waals surface area contributed by atoms with E-state index in [1.54, 1.807) is 24.3 Å². The minimum Gasteiger partial charge on any atom is -0.491 e. The number of nitrogens with one attached hydrogen (secondary N) is 1. The topological polar surface area (TPSA) is 75.7 Å². The zero-order chi connectivity index (χ0) is 20.9. The molecule has 0 saturated heterocycles. The summed E-state index contributed by atoms with van der Waals surface area (Å²) in [6.45, 7) is 7.70. The molecule has 0 unspecified atom stereocenters. The Morgan fingerprint density at radius 3 is 2.04 bits per heavy atom. The molecule has 0 aliphatic heterocycles. The molecule has 0 aliphatic carbocycles. The number of sulfonamides is 1. The first kappa shape index (κ1) is 21.8. The van der Waals surface area contributed by atoms with Gasteiger partial charge in [-0.05, 0) is 61.7 Å². The molecular formula is C21H28N2O4S. The highest BCUT2D eigenvalue weighted by Crippen LogP contribution is 2.23. The fourth-order valence-electron chi connectivity index (χ4n) is 2.65. The molecule has 2 aromatic rings. The van der Waals surface area contributed by atoms with E-state index in [9.17, 15) is 13.2 Å². The van der Waals surface area contributed by atoms with E-state index in [1.165, 1.54) is 5.56 Å². The predicted octanol–water partition coefficient (Wildman–Crippen LogP) is 4.00. The summed E-state index contributed by atoms with van der Waals surface area (Å²) >= 11 is 0. The molecule has 28 heavy (non-hydrogen) atoms. The van der Waals surface area contributed by atoms with Gasteiger partial charge in [0, 0.05) is 5.69 Å². The van der Waals surface area contributed by atoms with Crippen LogP contribution in [0.2, 0.25) is 0 Å². The number of hydrogen-bond donors (Lipinski definition) is 1. The number of nitrogens with zero attached hydrogens (tertiary/aromatic N) is 1. The van der Waals surface area contributed by atoms with Crippen molar-refractivity contribution in [1.29, 1.82) is 0 Å². The number of carbonyl (C=O) groups excluding carboxylic acids is 1. The molecule has 0 aliphatic rings. The summed E-state index contributed by atoms with van der Waals surface area (Å²) in [5.74, 6) is 0.625. The zero-order valence-electron chi connectivity index (χ0n) is 17.0. The van der Waals surface area contributed by atoms with Gasteiger partial charge in [0.15, 0.2) is 0 Å². The van der Waals surface area contributed by atoms with Gasteiger partial charge in [0.25, 0.3) is 0 Å². The lowest BCUT2D eigenvalue weighted by molar-refractivity contribution is -0.114. The zero-order valence-corrected chi connectivity index (χ0v) is 17.8. The van der Waals surface area contributed by atoms with E-state index >= 15 is 0 Å². The van der Waals surface area contributed by atoms with Gasteiger partial charge in [-0.1, -0.05) is 26.0 Å². The van der Waals surface area contributed by atoms with Crippen LogP contribution in [-0.2, 0) is 14.8 Å². The molecule has 1 N–H and O–H groups in total. The Labute approximate surface area is 167 Å². The monoisotopic (exact) mass is 404 g/mol. The van der Waals surface area contributed by atoms with Crippen molar-refractivity contribution in [2.45, 2.75) is 39.7 Å². The number of benzene rings is 2. The summed E-state index contributed by atoms with van der Waals surface area (Å²) in [7, 11) is -3.63. The van der Waals surface area contributed by atoms with Crippen molar-refractivity contribution in [3.8, 4) is 5.75 Å². The Morgan fingerprint density at radius 1 is 1.00 bits per heavy atom. The molecule has 0 aromatic heterocycles. The molecule has 0 radical (unpaired) electrons. The smallest absolute Gasteiger partial charge is 0.245 e. The summed E-state index contributed by atoms with van der Waals surface area (Å²) < 4.78 is 31.1. The maximum absolute atomic E-state index is 12.4. The van der Waals surface area contributed by atoms with Gasteiger partial charge in [-0.2, -0.15) is 0 Å². The minimum atomic E-state index is -3.63. The van der Waals surface area contributed by atoms with E-state index in [1.807, 2.05) is 38.1 Å². The SMILES string of the molecule is CC(C)Oc1ccc(N(CC(=O)Nc2ccc(C(C)C)cc2)S(C)(=O)=O)cc1. The van der Waals surface area contributed by atoms with Crippen molar-refractivity contribution >= 4 is 27.3 Å². The van der Waals surface area contributed by atoms with E-state index < -0.39 is 15.9 Å². The maximum atomic E-state index is 12.4. The van der Waals surface area contributed by atoms with Crippen molar-refractivity contribution in [1.82, 2.24) is 0 Å². The van der Waals surface area contributed by atoms with Gasteiger partial charge < -0.3 is 10.1 Å². The van der Waals surface area contributed by atoms with E-state index in [0.29, 0.717) is 23.0 Å². The van der Waals surface area contributed by atoms with Crippen molar-refractivity contribution < 1.29 is 17.9 Å². The highest BCUT2D eigenvalue weighted by molar-refractivity contribution is 7.92. The quantitative estimate of drug-likeness (QED) is 0.721. The van der Waals surface area contributed by atoms with Crippen molar-refractivity contribution in [3.63, 3.8) is 0 Å². The number of hydrogen-bond acceptors (Lipinski definition) is 4. The Bertz CT molecular complexity index is 889. The van der Waals surface area contributed by atoms with Crippen molar-refractivity contribution in [2.75, 3.05) is 22.4 Å². The highest BCUT2D eigenvalue weighted by Gasteiger charge is 2.21. The molecule has 0 bridgehead atoms. The Kier molecular flexibility index (Phi) is 7.07. The molecule has 0 spiro atoms. The van der Waals surface area contributed by atoms with Gasteiger partial charge in [-0.15, -0.1) is 0 Å². The second-order valence-corrected chi connectivity index (χ2v) is 9.16. The van der Waals surface area contributed by atoms with Crippen LogP contribution in [0.5, 0.6) is 5.75 Å². The average Bonchev–Trinajstić information content (AvgIpc) is 2.59. The third-order valence-electron chi connectivity index (χ3n) is 4.05.